The molecule has 0 aliphatic rings. The number of benzene rings is 1. The van der Waals surface area contributed by atoms with Crippen LogP contribution in [-0.2, 0) is 4.74 Å². The average molecular weight is 272 g/mol. The number of esters is 1. The zero-order valence-electron chi connectivity index (χ0n) is 10.4. The molecule has 0 radical (unpaired) electrons. The smallest absolute Gasteiger partial charge is 0.338 e. The highest BCUT2D eigenvalue weighted by atomic mass is 35.5. The molecule has 0 amide bonds. The lowest BCUT2D eigenvalue weighted by atomic mass is 9.99. The molecule has 98 valence electrons. The predicted octanol–water partition coefficient (Wildman–Crippen LogP) is 3.45. The molecule has 1 rings (SSSR count). The molecule has 1 aromatic rings. The van der Waals surface area contributed by atoms with E-state index < -0.39 is 10.9 Å². The van der Waals surface area contributed by atoms with Gasteiger partial charge in [-0.1, -0.05) is 32.4 Å². The van der Waals surface area contributed by atoms with Crippen LogP contribution < -0.4 is 0 Å². The molecule has 1 aromatic carbocycles. The number of rotatable bonds is 3. The topological polar surface area (TPSA) is 69.4 Å². The molecular formula is C12H14ClNO4. The third-order valence-corrected chi connectivity index (χ3v) is 2.33. The van der Waals surface area contributed by atoms with Crippen molar-refractivity contribution in [2.24, 2.45) is 5.41 Å². The van der Waals surface area contributed by atoms with Crippen LogP contribution in [0.1, 0.15) is 31.1 Å². The van der Waals surface area contributed by atoms with Crippen molar-refractivity contribution in [1.82, 2.24) is 0 Å². The Morgan fingerprint density at radius 3 is 2.56 bits per heavy atom. The Hall–Kier alpha value is -1.62. The molecular weight excluding hydrogens is 258 g/mol. The molecule has 0 aliphatic heterocycles. The third-order valence-electron chi connectivity index (χ3n) is 2.01. The molecule has 0 atom stereocenters. The second-order valence-corrected chi connectivity index (χ2v) is 5.47. The van der Waals surface area contributed by atoms with Gasteiger partial charge in [-0.15, -0.1) is 0 Å². The van der Waals surface area contributed by atoms with E-state index in [2.05, 4.69) is 0 Å². The van der Waals surface area contributed by atoms with Crippen LogP contribution in [0.5, 0.6) is 0 Å². The summed E-state index contributed by atoms with van der Waals surface area (Å²) in [5.74, 6) is -0.593. The zero-order valence-corrected chi connectivity index (χ0v) is 11.2. The van der Waals surface area contributed by atoms with Crippen LogP contribution in [0.3, 0.4) is 0 Å². The maximum absolute atomic E-state index is 11.7. The van der Waals surface area contributed by atoms with E-state index in [0.29, 0.717) is 0 Å². The van der Waals surface area contributed by atoms with Gasteiger partial charge in [0.25, 0.3) is 5.69 Å². The first-order valence-electron chi connectivity index (χ1n) is 5.32. The largest absolute Gasteiger partial charge is 0.462 e. The fraction of sp³-hybridized carbons (Fsp3) is 0.417. The van der Waals surface area contributed by atoms with E-state index in [0.717, 1.165) is 6.07 Å². The highest BCUT2D eigenvalue weighted by Crippen LogP contribution is 2.25. The summed E-state index contributed by atoms with van der Waals surface area (Å²) in [6, 6.07) is 3.83. The van der Waals surface area contributed by atoms with Crippen molar-refractivity contribution in [3.8, 4) is 0 Å². The van der Waals surface area contributed by atoms with Crippen LogP contribution in [-0.4, -0.2) is 17.5 Å². The summed E-state index contributed by atoms with van der Waals surface area (Å²) in [5.41, 5.74) is -0.342. The number of nitro groups is 1. The van der Waals surface area contributed by atoms with Gasteiger partial charge in [-0.3, -0.25) is 10.1 Å². The first-order chi connectivity index (χ1) is 8.20. The van der Waals surface area contributed by atoms with E-state index in [1.54, 1.807) is 0 Å². The molecule has 0 unspecified atom stereocenters. The van der Waals surface area contributed by atoms with Crippen LogP contribution >= 0.6 is 11.6 Å². The Kier molecular flexibility index (Phi) is 4.29. The van der Waals surface area contributed by atoms with Crippen molar-refractivity contribution < 1.29 is 14.5 Å². The lowest BCUT2D eigenvalue weighted by Gasteiger charge is -2.17. The van der Waals surface area contributed by atoms with Gasteiger partial charge >= 0.3 is 5.97 Å². The standard InChI is InChI=1S/C12H14ClNO4/c1-12(2,3)7-18-11(15)8-4-5-9(13)10(6-8)14(16)17/h4-6H,7H2,1-3H3. The molecule has 5 nitrogen and oxygen atoms in total. The van der Waals surface area contributed by atoms with Crippen LogP contribution in [0.2, 0.25) is 5.02 Å². The van der Waals surface area contributed by atoms with Gasteiger partial charge in [0, 0.05) is 6.07 Å². The Bertz CT molecular complexity index is 479. The van der Waals surface area contributed by atoms with E-state index in [1.807, 2.05) is 20.8 Å². The number of carbonyl (C=O) groups excluding carboxylic acids is 1. The average Bonchev–Trinajstić information content (AvgIpc) is 2.25. The minimum Gasteiger partial charge on any atom is -0.462 e. The van der Waals surface area contributed by atoms with Crippen molar-refractivity contribution in [2.45, 2.75) is 20.8 Å². The van der Waals surface area contributed by atoms with E-state index in [-0.39, 0.29) is 28.3 Å². The minimum absolute atomic E-state index is 0.00706. The van der Waals surface area contributed by atoms with Gasteiger partial charge in [-0.05, 0) is 17.5 Å². The fourth-order valence-electron chi connectivity index (χ4n) is 1.14. The maximum Gasteiger partial charge on any atom is 0.338 e. The molecule has 0 spiro atoms. The van der Waals surface area contributed by atoms with E-state index in [9.17, 15) is 14.9 Å². The number of hydrogen-bond acceptors (Lipinski definition) is 4. The molecule has 0 fully saturated rings. The molecule has 0 heterocycles. The van der Waals surface area contributed by atoms with Crippen LogP contribution in [0, 0.1) is 15.5 Å². The molecule has 0 aromatic heterocycles. The summed E-state index contributed by atoms with van der Waals surface area (Å²) in [6.45, 7) is 6.00. The molecule has 0 bridgehead atoms. The quantitative estimate of drug-likeness (QED) is 0.480. The molecule has 0 aliphatic carbocycles. The first kappa shape index (κ1) is 14.4. The second kappa shape index (κ2) is 5.35. The number of nitrogens with zero attached hydrogens (tertiary/aromatic N) is 1. The van der Waals surface area contributed by atoms with Crippen molar-refractivity contribution >= 4 is 23.3 Å². The molecule has 0 saturated heterocycles. The lowest BCUT2D eigenvalue weighted by Crippen LogP contribution is -2.18. The summed E-state index contributed by atoms with van der Waals surface area (Å²) in [6.07, 6.45) is 0. The van der Waals surface area contributed by atoms with Crippen molar-refractivity contribution in [2.75, 3.05) is 6.61 Å². The first-order valence-corrected chi connectivity index (χ1v) is 5.69. The Labute approximate surface area is 110 Å². The third kappa shape index (κ3) is 4.00. The number of halogens is 1. The number of nitro benzene ring substituents is 1. The van der Waals surface area contributed by atoms with Gasteiger partial charge < -0.3 is 4.74 Å². The van der Waals surface area contributed by atoms with E-state index >= 15 is 0 Å². The van der Waals surface area contributed by atoms with Gasteiger partial charge in [0.1, 0.15) is 5.02 Å². The Morgan fingerprint density at radius 1 is 1.44 bits per heavy atom. The van der Waals surface area contributed by atoms with Crippen molar-refractivity contribution in [3.05, 3.63) is 38.9 Å². The monoisotopic (exact) mass is 271 g/mol. The van der Waals surface area contributed by atoms with E-state index in [1.165, 1.54) is 12.1 Å². The fourth-order valence-corrected chi connectivity index (χ4v) is 1.33. The maximum atomic E-state index is 11.7. The van der Waals surface area contributed by atoms with Crippen molar-refractivity contribution in [3.63, 3.8) is 0 Å². The highest BCUT2D eigenvalue weighted by molar-refractivity contribution is 6.32. The second-order valence-electron chi connectivity index (χ2n) is 5.06. The molecule has 0 N–H and O–H groups in total. The minimum atomic E-state index is -0.636. The summed E-state index contributed by atoms with van der Waals surface area (Å²) in [7, 11) is 0. The molecule has 18 heavy (non-hydrogen) atoms. The summed E-state index contributed by atoms with van der Waals surface area (Å²) >= 11 is 5.65. The van der Waals surface area contributed by atoms with Gasteiger partial charge in [0.2, 0.25) is 0 Å². The van der Waals surface area contributed by atoms with Gasteiger partial charge in [-0.2, -0.15) is 0 Å². The van der Waals surface area contributed by atoms with E-state index in [4.69, 9.17) is 16.3 Å². The molecule has 0 saturated carbocycles. The number of ether oxygens (including phenoxy) is 1. The Balaban J connectivity index is 2.87. The van der Waals surface area contributed by atoms with Gasteiger partial charge in [0.05, 0.1) is 17.1 Å². The van der Waals surface area contributed by atoms with Gasteiger partial charge in [-0.25, -0.2) is 4.79 Å². The Morgan fingerprint density at radius 2 is 2.06 bits per heavy atom. The van der Waals surface area contributed by atoms with Crippen LogP contribution in [0.4, 0.5) is 5.69 Å². The lowest BCUT2D eigenvalue weighted by molar-refractivity contribution is -0.384. The highest BCUT2D eigenvalue weighted by Gasteiger charge is 2.19. The predicted molar refractivity (Wildman–Crippen MR) is 67.8 cm³/mol. The molecule has 6 heteroatoms. The summed E-state index contributed by atoms with van der Waals surface area (Å²) < 4.78 is 5.06. The van der Waals surface area contributed by atoms with Crippen LogP contribution in [0.25, 0.3) is 0 Å². The normalized spacial score (nSPS) is 11.1. The van der Waals surface area contributed by atoms with Crippen LogP contribution in [0.15, 0.2) is 18.2 Å². The summed E-state index contributed by atoms with van der Waals surface area (Å²) in [4.78, 5) is 21.7. The number of carbonyl (C=O) groups is 1. The zero-order chi connectivity index (χ0) is 13.9. The van der Waals surface area contributed by atoms with Crippen molar-refractivity contribution in [1.29, 1.82) is 0 Å². The summed E-state index contributed by atoms with van der Waals surface area (Å²) in [5, 5.41) is 10.7. The number of hydrogen-bond donors (Lipinski definition) is 0. The SMILES string of the molecule is CC(C)(C)COC(=O)c1ccc(Cl)c([N+](=O)[O-])c1. The van der Waals surface area contributed by atoms with Gasteiger partial charge in [0.15, 0.2) is 0 Å².